The number of hydrogen-bond acceptors (Lipinski definition) is 6. The number of thioether (sulfide) groups is 1. The lowest BCUT2D eigenvalue weighted by Crippen LogP contribution is -2.51. The van der Waals surface area contributed by atoms with Crippen LogP contribution in [-0.4, -0.2) is 51.4 Å². The Balaban J connectivity index is 1.34. The van der Waals surface area contributed by atoms with Crippen LogP contribution in [0.25, 0.3) is 0 Å². The number of urea groups is 1. The van der Waals surface area contributed by atoms with Crippen LogP contribution in [0.5, 0.6) is 5.75 Å². The summed E-state index contributed by atoms with van der Waals surface area (Å²) in [5.74, 6) is -0.0813. The molecule has 1 heterocycles. The lowest BCUT2D eigenvalue weighted by Gasteiger charge is -2.42. The Morgan fingerprint density at radius 3 is 2.46 bits per heavy atom. The Kier molecular flexibility index (Phi) is 9.25. The number of anilines is 1. The van der Waals surface area contributed by atoms with E-state index in [-0.39, 0.29) is 29.7 Å². The molecule has 0 radical (unpaired) electrons. The molecule has 2 aromatic rings. The van der Waals surface area contributed by atoms with Gasteiger partial charge in [-0.3, -0.25) is 10.1 Å². The smallest absolute Gasteiger partial charge is 0.324 e. The summed E-state index contributed by atoms with van der Waals surface area (Å²) in [5.41, 5.74) is 0. The van der Waals surface area contributed by atoms with E-state index in [1.807, 2.05) is 0 Å². The third-order valence-electron chi connectivity index (χ3n) is 6.75. The number of carbonyl (C=O) groups is 2. The van der Waals surface area contributed by atoms with Crippen LogP contribution < -0.4 is 10.1 Å². The van der Waals surface area contributed by atoms with Crippen molar-refractivity contribution in [3.8, 4) is 5.75 Å². The predicted molar refractivity (Wildman–Crippen MR) is 136 cm³/mol. The van der Waals surface area contributed by atoms with Crippen molar-refractivity contribution >= 4 is 40.2 Å². The number of aromatic nitrogens is 1. The highest BCUT2D eigenvalue weighted by atomic mass is 32.2. The Morgan fingerprint density at radius 1 is 1.09 bits per heavy atom. The number of carboxylic acid groups (broad SMARTS) is 1. The highest BCUT2D eigenvalue weighted by Crippen LogP contribution is 2.34. The summed E-state index contributed by atoms with van der Waals surface area (Å²) in [7, 11) is 0. The number of benzene rings is 1. The SMILES string of the molecule is O=C(O)CSc1cnc(NC(=O)N(C2CCCCC2)[C@H]2CC[C@H](COc3ccc(F)cc3)CC2)s1. The van der Waals surface area contributed by atoms with Gasteiger partial charge in [-0.2, -0.15) is 0 Å². The number of hydrogen-bond donors (Lipinski definition) is 2. The van der Waals surface area contributed by atoms with E-state index in [1.54, 1.807) is 18.3 Å². The number of carboxylic acids is 1. The van der Waals surface area contributed by atoms with Crippen LogP contribution in [0, 0.1) is 11.7 Å². The fraction of sp³-hybridized carbons (Fsp3) is 0.560. The molecule has 2 N–H and O–H groups in total. The molecule has 2 amide bonds. The Hall–Kier alpha value is -2.33. The second-order valence-corrected chi connectivity index (χ2v) is 11.5. The maximum Gasteiger partial charge on any atom is 0.324 e. The minimum atomic E-state index is -0.879. The first kappa shape index (κ1) is 25.8. The molecule has 0 spiro atoms. The summed E-state index contributed by atoms with van der Waals surface area (Å²) >= 11 is 2.52. The summed E-state index contributed by atoms with van der Waals surface area (Å²) in [6.45, 7) is 0.601. The molecule has 0 unspecified atom stereocenters. The van der Waals surface area contributed by atoms with E-state index < -0.39 is 5.97 Å². The van der Waals surface area contributed by atoms with E-state index in [4.69, 9.17) is 9.84 Å². The molecule has 4 rings (SSSR count). The molecule has 2 saturated carbocycles. The van der Waals surface area contributed by atoms with Gasteiger partial charge in [0.1, 0.15) is 11.6 Å². The fourth-order valence-electron chi connectivity index (χ4n) is 5.00. The van der Waals surface area contributed by atoms with Crippen molar-refractivity contribution < 1.29 is 23.8 Å². The molecule has 1 aromatic carbocycles. The number of carbonyl (C=O) groups excluding carboxylic acids is 1. The van der Waals surface area contributed by atoms with Crippen molar-refractivity contribution in [1.29, 1.82) is 0 Å². The molecular formula is C25H32FN3O4S2. The van der Waals surface area contributed by atoms with E-state index in [2.05, 4.69) is 15.2 Å². The first-order valence-electron chi connectivity index (χ1n) is 12.3. The van der Waals surface area contributed by atoms with E-state index in [9.17, 15) is 14.0 Å². The van der Waals surface area contributed by atoms with Gasteiger partial charge in [0.15, 0.2) is 5.13 Å². The van der Waals surface area contributed by atoms with Crippen LogP contribution in [0.4, 0.5) is 14.3 Å². The molecular weight excluding hydrogens is 489 g/mol. The van der Waals surface area contributed by atoms with Crippen molar-refractivity contribution in [3.05, 3.63) is 36.3 Å². The molecule has 190 valence electrons. The first-order valence-corrected chi connectivity index (χ1v) is 14.1. The highest BCUT2D eigenvalue weighted by Gasteiger charge is 2.34. The Bertz CT molecular complexity index is 973. The quantitative estimate of drug-likeness (QED) is 0.378. The molecule has 10 heteroatoms. The Labute approximate surface area is 213 Å². The van der Waals surface area contributed by atoms with Crippen LogP contribution in [0.15, 0.2) is 34.7 Å². The Morgan fingerprint density at radius 2 is 1.77 bits per heavy atom. The summed E-state index contributed by atoms with van der Waals surface area (Å²) in [5, 5.41) is 12.4. The zero-order valence-corrected chi connectivity index (χ0v) is 21.3. The molecule has 7 nitrogen and oxygen atoms in total. The molecule has 0 saturated heterocycles. The average molecular weight is 522 g/mol. The number of amides is 2. The molecule has 0 aliphatic heterocycles. The van der Waals surface area contributed by atoms with Gasteiger partial charge in [0.2, 0.25) is 0 Å². The van der Waals surface area contributed by atoms with Crippen LogP contribution in [-0.2, 0) is 4.79 Å². The minimum Gasteiger partial charge on any atom is -0.493 e. The second-order valence-electron chi connectivity index (χ2n) is 9.24. The van der Waals surface area contributed by atoms with Gasteiger partial charge in [0.25, 0.3) is 0 Å². The minimum absolute atomic E-state index is 0.0299. The number of halogens is 1. The second kappa shape index (κ2) is 12.6. The van der Waals surface area contributed by atoms with Crippen LogP contribution >= 0.6 is 23.1 Å². The lowest BCUT2D eigenvalue weighted by atomic mass is 9.84. The van der Waals surface area contributed by atoms with Crippen molar-refractivity contribution in [2.45, 2.75) is 74.1 Å². The standard InChI is InChI=1S/C25H32FN3O4S2/c26-18-8-12-21(13-9-18)33-15-17-6-10-20(11-7-17)29(19-4-2-1-3-5-19)25(32)28-24-27-14-23(35-24)34-16-22(30)31/h8-9,12-14,17,19-20H,1-7,10-11,15-16H2,(H,30,31)(H,27,28,32)/t17-,20-. The number of nitrogens with one attached hydrogen (secondary N) is 1. The summed E-state index contributed by atoms with van der Waals surface area (Å²) in [6, 6.07) is 6.43. The third-order valence-corrected chi connectivity index (χ3v) is 8.84. The van der Waals surface area contributed by atoms with Crippen molar-refractivity contribution in [2.24, 2.45) is 5.92 Å². The van der Waals surface area contributed by atoms with Gasteiger partial charge in [-0.15, -0.1) is 11.8 Å². The first-order chi connectivity index (χ1) is 17.0. The number of ether oxygens (including phenoxy) is 1. The molecule has 2 aliphatic carbocycles. The van der Waals surface area contributed by atoms with Gasteiger partial charge >= 0.3 is 12.0 Å². The van der Waals surface area contributed by atoms with E-state index in [1.165, 1.54) is 41.7 Å². The van der Waals surface area contributed by atoms with Gasteiger partial charge in [-0.05, 0) is 68.7 Å². The normalized spacial score (nSPS) is 20.8. The molecule has 1 aromatic heterocycles. The van der Waals surface area contributed by atoms with Crippen LogP contribution in [0.1, 0.15) is 57.8 Å². The fourth-order valence-corrected chi connectivity index (χ4v) is 6.58. The van der Waals surface area contributed by atoms with E-state index >= 15 is 0 Å². The number of aliphatic carboxylic acids is 1. The van der Waals surface area contributed by atoms with Crippen molar-refractivity contribution in [1.82, 2.24) is 9.88 Å². The molecule has 2 aliphatic rings. The van der Waals surface area contributed by atoms with E-state index in [0.717, 1.165) is 55.6 Å². The van der Waals surface area contributed by atoms with Gasteiger partial charge in [-0.25, -0.2) is 14.2 Å². The van der Waals surface area contributed by atoms with Gasteiger partial charge in [0, 0.05) is 12.1 Å². The number of nitrogens with zero attached hydrogens (tertiary/aromatic N) is 2. The zero-order chi connectivity index (χ0) is 24.6. The maximum absolute atomic E-state index is 13.4. The maximum atomic E-state index is 13.4. The molecule has 35 heavy (non-hydrogen) atoms. The summed E-state index contributed by atoms with van der Waals surface area (Å²) < 4.78 is 19.7. The molecule has 2 fully saturated rings. The van der Waals surface area contributed by atoms with E-state index in [0.29, 0.717) is 23.4 Å². The third kappa shape index (κ3) is 7.57. The highest BCUT2D eigenvalue weighted by molar-refractivity contribution is 8.01. The topological polar surface area (TPSA) is 91.8 Å². The number of thiazole rings is 1. The zero-order valence-electron chi connectivity index (χ0n) is 19.7. The molecule has 0 bridgehead atoms. The van der Waals surface area contributed by atoms with Crippen LogP contribution in [0.3, 0.4) is 0 Å². The van der Waals surface area contributed by atoms with Gasteiger partial charge < -0.3 is 14.7 Å². The van der Waals surface area contributed by atoms with Crippen LogP contribution in [0.2, 0.25) is 0 Å². The number of rotatable bonds is 9. The monoisotopic (exact) mass is 521 g/mol. The summed E-state index contributed by atoms with van der Waals surface area (Å²) in [6.07, 6.45) is 11.0. The molecule has 0 atom stereocenters. The largest absolute Gasteiger partial charge is 0.493 e. The average Bonchev–Trinajstić information content (AvgIpc) is 3.31. The van der Waals surface area contributed by atoms with Crippen molar-refractivity contribution in [3.63, 3.8) is 0 Å². The predicted octanol–water partition coefficient (Wildman–Crippen LogP) is 6.26. The lowest BCUT2D eigenvalue weighted by molar-refractivity contribution is -0.133. The summed E-state index contributed by atoms with van der Waals surface area (Å²) in [4.78, 5) is 30.6. The van der Waals surface area contributed by atoms with Gasteiger partial charge in [-0.1, -0.05) is 30.6 Å². The van der Waals surface area contributed by atoms with Gasteiger partial charge in [0.05, 0.1) is 22.8 Å². The van der Waals surface area contributed by atoms with Crippen molar-refractivity contribution in [2.75, 3.05) is 17.7 Å².